The Balaban J connectivity index is 1.39. The Morgan fingerprint density at radius 3 is 2.88 bits per heavy atom. The number of aromatic hydroxyl groups is 1. The second kappa shape index (κ2) is 9.47. The van der Waals surface area contributed by atoms with Crippen molar-refractivity contribution >= 4 is 27.5 Å². The Hall–Kier alpha value is -3.66. The van der Waals surface area contributed by atoms with E-state index in [1.54, 1.807) is 12.1 Å². The van der Waals surface area contributed by atoms with Crippen molar-refractivity contribution in [1.29, 1.82) is 0 Å². The van der Waals surface area contributed by atoms with E-state index >= 15 is 4.39 Å². The predicted molar refractivity (Wildman–Crippen MR) is 147 cm³/mol. The first kappa shape index (κ1) is 25.3. The molecule has 2 fully saturated rings. The maximum atomic E-state index is 16.5. The van der Waals surface area contributed by atoms with Gasteiger partial charge in [0.1, 0.15) is 41.4 Å². The maximum absolute atomic E-state index is 16.5. The summed E-state index contributed by atoms with van der Waals surface area (Å²) in [5.74, 6) is -0.712. The van der Waals surface area contributed by atoms with Gasteiger partial charge in [-0.2, -0.15) is 9.97 Å². The summed E-state index contributed by atoms with van der Waals surface area (Å²) >= 11 is 0. The molecule has 3 aliphatic rings. The summed E-state index contributed by atoms with van der Waals surface area (Å²) in [5, 5.41) is 15.4. The Kier molecular flexibility index (Phi) is 5.99. The summed E-state index contributed by atoms with van der Waals surface area (Å²) in [5.41, 5.74) is 1.02. The number of nitrogens with one attached hydrogen (secondary N) is 1. The number of phenols is 1. The molecular formula is C30H30F3N5O2. The molecule has 0 saturated carbocycles. The fraction of sp³-hybridized carbons (Fsp3) is 0.433. The van der Waals surface area contributed by atoms with Crippen LogP contribution in [0.5, 0.6) is 11.8 Å². The molecule has 7 rings (SSSR count). The van der Waals surface area contributed by atoms with Gasteiger partial charge in [0.15, 0.2) is 5.82 Å². The zero-order valence-corrected chi connectivity index (χ0v) is 22.2. The number of pyridine rings is 1. The lowest BCUT2D eigenvalue weighted by molar-refractivity contribution is 0.107. The Labute approximate surface area is 229 Å². The zero-order chi connectivity index (χ0) is 27.6. The van der Waals surface area contributed by atoms with E-state index < -0.39 is 23.3 Å². The fourth-order valence-corrected chi connectivity index (χ4v) is 6.92. The Morgan fingerprint density at radius 2 is 2.02 bits per heavy atom. The molecule has 10 heteroatoms. The first-order chi connectivity index (χ1) is 19.4. The number of aromatic nitrogens is 3. The van der Waals surface area contributed by atoms with Crippen molar-refractivity contribution in [3.63, 3.8) is 0 Å². The SMILES string of the molecule is CCc1c(F)ccc2cc(O)cc(-c3nc4c5c(nc(OC[C@@]67CCCN6C[C@H](F)C7)nc5c3F)NCCC4)c12. The molecule has 7 nitrogen and oxygen atoms in total. The van der Waals surface area contributed by atoms with E-state index in [-0.39, 0.29) is 29.6 Å². The molecule has 208 valence electrons. The van der Waals surface area contributed by atoms with Crippen LogP contribution in [0.15, 0.2) is 24.3 Å². The minimum absolute atomic E-state index is 0.00201. The molecule has 3 aliphatic heterocycles. The van der Waals surface area contributed by atoms with E-state index in [1.807, 2.05) is 6.92 Å². The molecule has 2 atom stereocenters. The first-order valence-electron chi connectivity index (χ1n) is 14.0. The Bertz CT molecular complexity index is 1660. The maximum Gasteiger partial charge on any atom is 0.319 e. The third kappa shape index (κ3) is 3.95. The van der Waals surface area contributed by atoms with E-state index in [9.17, 15) is 13.9 Å². The van der Waals surface area contributed by atoms with E-state index in [4.69, 9.17) is 9.72 Å². The van der Waals surface area contributed by atoms with Crippen molar-refractivity contribution < 1.29 is 23.0 Å². The number of ether oxygens (including phenoxy) is 1. The lowest BCUT2D eigenvalue weighted by Crippen LogP contribution is -2.43. The minimum atomic E-state index is -0.892. The third-order valence-corrected chi connectivity index (χ3v) is 8.71. The number of aryl methyl sites for hydroxylation is 2. The molecule has 40 heavy (non-hydrogen) atoms. The van der Waals surface area contributed by atoms with Gasteiger partial charge in [-0.3, -0.25) is 4.90 Å². The average molecular weight is 550 g/mol. The monoisotopic (exact) mass is 549 g/mol. The van der Waals surface area contributed by atoms with Crippen LogP contribution in [0.3, 0.4) is 0 Å². The summed E-state index contributed by atoms with van der Waals surface area (Å²) in [6.45, 7) is 3.91. The van der Waals surface area contributed by atoms with E-state index in [0.29, 0.717) is 71.1 Å². The normalized spacial score (nSPS) is 22.4. The average Bonchev–Trinajstić information content (AvgIpc) is 3.38. The number of fused-ring (bicyclic) bond motifs is 2. The molecule has 0 amide bonds. The molecule has 0 spiro atoms. The Morgan fingerprint density at radius 1 is 1.15 bits per heavy atom. The molecule has 0 radical (unpaired) electrons. The van der Waals surface area contributed by atoms with Gasteiger partial charge in [-0.25, -0.2) is 18.2 Å². The number of alkyl halides is 1. The van der Waals surface area contributed by atoms with Gasteiger partial charge < -0.3 is 15.2 Å². The first-order valence-corrected chi connectivity index (χ1v) is 14.0. The van der Waals surface area contributed by atoms with Gasteiger partial charge in [0.05, 0.1) is 16.6 Å². The summed E-state index contributed by atoms with van der Waals surface area (Å²) in [7, 11) is 0. The zero-order valence-electron chi connectivity index (χ0n) is 22.2. The number of phenolic OH excluding ortho intramolecular Hbond substituents is 1. The molecule has 0 unspecified atom stereocenters. The van der Waals surface area contributed by atoms with Crippen molar-refractivity contribution in [2.75, 3.05) is 31.6 Å². The van der Waals surface area contributed by atoms with Crippen LogP contribution in [-0.2, 0) is 12.8 Å². The summed E-state index contributed by atoms with van der Waals surface area (Å²) in [6.07, 6.45) is 3.01. The van der Waals surface area contributed by atoms with Crippen molar-refractivity contribution in [2.24, 2.45) is 0 Å². The van der Waals surface area contributed by atoms with Crippen molar-refractivity contribution in [3.8, 4) is 23.0 Å². The molecule has 2 saturated heterocycles. The third-order valence-electron chi connectivity index (χ3n) is 8.71. The predicted octanol–water partition coefficient (Wildman–Crippen LogP) is 5.70. The number of benzene rings is 2. The van der Waals surface area contributed by atoms with Crippen LogP contribution in [0, 0.1) is 11.6 Å². The summed E-state index contributed by atoms with van der Waals surface area (Å²) in [4.78, 5) is 16.0. The highest BCUT2D eigenvalue weighted by Crippen LogP contribution is 2.42. The van der Waals surface area contributed by atoms with Gasteiger partial charge in [0, 0.05) is 25.1 Å². The highest BCUT2D eigenvalue weighted by molar-refractivity contribution is 6.02. The smallest absolute Gasteiger partial charge is 0.319 e. The van der Waals surface area contributed by atoms with Crippen molar-refractivity contribution in [3.05, 3.63) is 47.2 Å². The highest BCUT2D eigenvalue weighted by Gasteiger charge is 2.49. The van der Waals surface area contributed by atoms with Crippen LogP contribution in [0.25, 0.3) is 32.9 Å². The number of rotatable bonds is 5. The number of anilines is 1. The number of hydrogen-bond acceptors (Lipinski definition) is 7. The van der Waals surface area contributed by atoms with Crippen LogP contribution in [0.2, 0.25) is 0 Å². The van der Waals surface area contributed by atoms with E-state index in [1.165, 1.54) is 12.1 Å². The quantitative estimate of drug-likeness (QED) is 0.330. The van der Waals surface area contributed by atoms with Crippen molar-refractivity contribution in [2.45, 2.75) is 57.2 Å². The van der Waals surface area contributed by atoms with Gasteiger partial charge >= 0.3 is 6.01 Å². The summed E-state index contributed by atoms with van der Waals surface area (Å²) in [6, 6.07) is 5.92. The molecule has 5 heterocycles. The second-order valence-corrected chi connectivity index (χ2v) is 11.2. The molecule has 2 aromatic carbocycles. The fourth-order valence-electron chi connectivity index (χ4n) is 6.92. The number of halogens is 3. The van der Waals surface area contributed by atoms with E-state index in [0.717, 1.165) is 25.8 Å². The van der Waals surface area contributed by atoms with Crippen LogP contribution in [0.4, 0.5) is 19.0 Å². The van der Waals surface area contributed by atoms with Gasteiger partial charge in [-0.15, -0.1) is 0 Å². The van der Waals surface area contributed by atoms with Crippen molar-refractivity contribution in [1.82, 2.24) is 19.9 Å². The molecule has 0 bridgehead atoms. The molecule has 2 aromatic heterocycles. The molecule has 4 aromatic rings. The summed E-state index contributed by atoms with van der Waals surface area (Å²) < 4.78 is 51.8. The van der Waals surface area contributed by atoms with Gasteiger partial charge in [-0.05, 0) is 73.2 Å². The van der Waals surface area contributed by atoms with Crippen LogP contribution in [0.1, 0.15) is 43.9 Å². The van der Waals surface area contributed by atoms with Crippen LogP contribution < -0.4 is 10.1 Å². The minimum Gasteiger partial charge on any atom is -0.508 e. The standard InChI is InChI=1S/C30H30F3N5O2/c1-2-19-21(32)7-6-16-11-18(39)12-20(23(16)19)26-25(33)27-24-22(35-26)5-3-9-34-28(24)37-29(36-27)40-15-30-8-4-10-38(30)14-17(31)13-30/h6-7,11-12,17,39H,2-5,8-10,13-15H2,1H3,(H,34,36,37)/t17-,30+/m1/s1. The topological polar surface area (TPSA) is 83.4 Å². The highest BCUT2D eigenvalue weighted by atomic mass is 19.1. The molecule has 0 aliphatic carbocycles. The lowest BCUT2D eigenvalue weighted by Gasteiger charge is -2.30. The molecule has 2 N–H and O–H groups in total. The second-order valence-electron chi connectivity index (χ2n) is 11.2. The van der Waals surface area contributed by atoms with Crippen LogP contribution in [-0.4, -0.2) is 62.9 Å². The van der Waals surface area contributed by atoms with Gasteiger partial charge in [-0.1, -0.05) is 13.0 Å². The van der Waals surface area contributed by atoms with Crippen LogP contribution >= 0.6 is 0 Å². The van der Waals surface area contributed by atoms with Gasteiger partial charge in [0.25, 0.3) is 0 Å². The van der Waals surface area contributed by atoms with Gasteiger partial charge in [0.2, 0.25) is 0 Å². The lowest BCUT2D eigenvalue weighted by atomic mass is 9.94. The van der Waals surface area contributed by atoms with E-state index in [2.05, 4.69) is 20.2 Å². The number of hydrogen-bond donors (Lipinski definition) is 2. The number of nitrogens with zero attached hydrogens (tertiary/aromatic N) is 4. The largest absolute Gasteiger partial charge is 0.508 e. The molecular weight excluding hydrogens is 519 g/mol.